The zero-order chi connectivity index (χ0) is 20.4. The van der Waals surface area contributed by atoms with Crippen LogP contribution in [-0.4, -0.2) is 22.1 Å². The van der Waals surface area contributed by atoms with Gasteiger partial charge in [0.25, 0.3) is 5.91 Å². The Labute approximate surface area is 182 Å². The molecule has 0 saturated heterocycles. The van der Waals surface area contributed by atoms with E-state index in [1.54, 1.807) is 22.9 Å². The standard InChI is InChI=1S/C22H18ClN3OS2/c1-14-11-15(23)12-19-20(14)25-22(29-19)26(13-16-7-5-6-10-24-16)21(27)17-8-3-4-9-18(17)28-2/h3-12H,13H2,1-2H3. The van der Waals surface area contributed by atoms with Crippen LogP contribution < -0.4 is 4.90 Å². The summed E-state index contributed by atoms with van der Waals surface area (Å²) in [6, 6.07) is 17.1. The fourth-order valence-corrected chi connectivity index (χ4v) is 5.11. The number of aryl methyl sites for hydroxylation is 1. The monoisotopic (exact) mass is 439 g/mol. The van der Waals surface area contributed by atoms with Gasteiger partial charge < -0.3 is 0 Å². The first-order valence-electron chi connectivity index (χ1n) is 8.98. The molecule has 0 fully saturated rings. The first kappa shape index (κ1) is 19.9. The molecule has 1 amide bonds. The minimum Gasteiger partial charge on any atom is -0.278 e. The Morgan fingerprint density at radius 3 is 2.72 bits per heavy atom. The van der Waals surface area contributed by atoms with Crippen LogP contribution in [0, 0.1) is 6.92 Å². The molecule has 0 aliphatic carbocycles. The van der Waals surface area contributed by atoms with Crippen LogP contribution in [-0.2, 0) is 6.54 Å². The zero-order valence-corrected chi connectivity index (χ0v) is 18.3. The molecule has 7 heteroatoms. The quantitative estimate of drug-likeness (QED) is 0.346. The van der Waals surface area contributed by atoms with E-state index in [0.29, 0.717) is 22.3 Å². The molecule has 4 rings (SSSR count). The van der Waals surface area contributed by atoms with E-state index in [-0.39, 0.29) is 5.91 Å². The SMILES string of the molecule is CSc1ccccc1C(=O)N(Cc1ccccn1)c1nc2c(C)cc(Cl)cc2s1. The van der Waals surface area contributed by atoms with Gasteiger partial charge in [-0.25, -0.2) is 4.98 Å². The maximum Gasteiger partial charge on any atom is 0.261 e. The van der Waals surface area contributed by atoms with E-state index in [4.69, 9.17) is 16.6 Å². The number of carbonyl (C=O) groups excluding carboxylic acids is 1. The molecule has 4 aromatic rings. The van der Waals surface area contributed by atoms with Gasteiger partial charge in [-0.05, 0) is 55.1 Å². The smallest absolute Gasteiger partial charge is 0.261 e. The van der Waals surface area contributed by atoms with Crippen molar-refractivity contribution in [1.82, 2.24) is 9.97 Å². The maximum atomic E-state index is 13.6. The second-order valence-electron chi connectivity index (χ2n) is 6.48. The Bertz CT molecular complexity index is 1180. The molecule has 2 aromatic carbocycles. The van der Waals surface area contributed by atoms with Gasteiger partial charge in [-0.15, -0.1) is 11.8 Å². The van der Waals surface area contributed by atoms with Crippen LogP contribution in [0.5, 0.6) is 0 Å². The fourth-order valence-electron chi connectivity index (χ4n) is 3.10. The van der Waals surface area contributed by atoms with Crippen molar-refractivity contribution in [1.29, 1.82) is 0 Å². The van der Waals surface area contributed by atoms with Gasteiger partial charge in [0.15, 0.2) is 5.13 Å². The van der Waals surface area contributed by atoms with E-state index in [9.17, 15) is 4.79 Å². The van der Waals surface area contributed by atoms with Crippen LogP contribution in [0.15, 0.2) is 65.7 Å². The lowest BCUT2D eigenvalue weighted by Crippen LogP contribution is -2.31. The number of carbonyl (C=O) groups is 1. The van der Waals surface area contributed by atoms with E-state index < -0.39 is 0 Å². The summed E-state index contributed by atoms with van der Waals surface area (Å²) < 4.78 is 0.960. The van der Waals surface area contributed by atoms with Crippen LogP contribution in [0.4, 0.5) is 5.13 Å². The molecule has 2 aromatic heterocycles. The second kappa shape index (κ2) is 8.53. The van der Waals surface area contributed by atoms with Crippen LogP contribution in [0.1, 0.15) is 21.6 Å². The number of rotatable bonds is 5. The van der Waals surface area contributed by atoms with Crippen molar-refractivity contribution in [2.75, 3.05) is 11.2 Å². The van der Waals surface area contributed by atoms with Crippen molar-refractivity contribution >= 4 is 56.0 Å². The minimum atomic E-state index is -0.0941. The number of halogens is 1. The number of anilines is 1. The Morgan fingerprint density at radius 2 is 1.97 bits per heavy atom. The van der Waals surface area contributed by atoms with E-state index in [2.05, 4.69) is 4.98 Å². The second-order valence-corrected chi connectivity index (χ2v) is 8.77. The summed E-state index contributed by atoms with van der Waals surface area (Å²) in [6.07, 6.45) is 3.70. The third kappa shape index (κ3) is 4.15. The molecule has 0 saturated carbocycles. The number of amides is 1. The summed E-state index contributed by atoms with van der Waals surface area (Å²) in [4.78, 5) is 25.4. The van der Waals surface area contributed by atoms with E-state index >= 15 is 0 Å². The highest BCUT2D eigenvalue weighted by Gasteiger charge is 2.24. The van der Waals surface area contributed by atoms with Gasteiger partial charge in [0.1, 0.15) is 0 Å². The van der Waals surface area contributed by atoms with Gasteiger partial charge in [-0.2, -0.15) is 0 Å². The molecule has 0 N–H and O–H groups in total. The number of thioether (sulfide) groups is 1. The molecule has 0 aliphatic heterocycles. The molecular formula is C22H18ClN3OS2. The lowest BCUT2D eigenvalue weighted by molar-refractivity contribution is 0.0982. The van der Waals surface area contributed by atoms with Crippen molar-refractivity contribution in [2.45, 2.75) is 18.4 Å². The normalized spacial score (nSPS) is 11.0. The Hall–Kier alpha value is -2.41. The third-order valence-electron chi connectivity index (χ3n) is 4.50. The molecule has 146 valence electrons. The number of hydrogen-bond acceptors (Lipinski definition) is 5. The lowest BCUT2D eigenvalue weighted by Gasteiger charge is -2.20. The number of benzene rings is 2. The van der Waals surface area contributed by atoms with Crippen molar-refractivity contribution in [3.63, 3.8) is 0 Å². The molecule has 2 heterocycles. The number of hydrogen-bond donors (Lipinski definition) is 0. The molecule has 4 nitrogen and oxygen atoms in total. The zero-order valence-electron chi connectivity index (χ0n) is 15.9. The Kier molecular flexibility index (Phi) is 5.85. The summed E-state index contributed by atoms with van der Waals surface area (Å²) in [5.74, 6) is -0.0941. The van der Waals surface area contributed by atoms with Gasteiger partial charge in [0, 0.05) is 16.1 Å². The van der Waals surface area contributed by atoms with Gasteiger partial charge in [0.05, 0.1) is 28.0 Å². The van der Waals surface area contributed by atoms with Gasteiger partial charge in [-0.1, -0.05) is 41.1 Å². The van der Waals surface area contributed by atoms with Crippen LogP contribution in [0.2, 0.25) is 5.02 Å². The van der Waals surface area contributed by atoms with Crippen molar-refractivity contribution in [3.05, 3.63) is 82.6 Å². The maximum absolute atomic E-state index is 13.6. The lowest BCUT2D eigenvalue weighted by atomic mass is 10.2. The predicted octanol–water partition coefficient (Wildman–Crippen LogP) is 6.22. The average Bonchev–Trinajstić information content (AvgIpc) is 3.16. The molecule has 0 radical (unpaired) electrons. The highest BCUT2D eigenvalue weighted by molar-refractivity contribution is 7.98. The summed E-state index contributed by atoms with van der Waals surface area (Å²) >= 11 is 9.25. The van der Waals surface area contributed by atoms with Gasteiger partial charge in [0.2, 0.25) is 0 Å². The minimum absolute atomic E-state index is 0.0941. The topological polar surface area (TPSA) is 46.1 Å². The van der Waals surface area contributed by atoms with Crippen molar-refractivity contribution < 1.29 is 4.79 Å². The summed E-state index contributed by atoms with van der Waals surface area (Å²) in [6.45, 7) is 2.32. The number of pyridine rings is 1. The first-order valence-corrected chi connectivity index (χ1v) is 11.4. The molecule has 0 aliphatic rings. The largest absolute Gasteiger partial charge is 0.278 e. The van der Waals surface area contributed by atoms with Crippen LogP contribution >= 0.6 is 34.7 Å². The van der Waals surface area contributed by atoms with Crippen molar-refractivity contribution in [2.24, 2.45) is 0 Å². The summed E-state index contributed by atoms with van der Waals surface area (Å²) in [5, 5.41) is 1.30. The predicted molar refractivity (Wildman–Crippen MR) is 122 cm³/mol. The molecule has 0 atom stereocenters. The van der Waals surface area contributed by atoms with E-state index in [0.717, 1.165) is 26.4 Å². The molecule has 0 unspecified atom stereocenters. The van der Waals surface area contributed by atoms with Crippen LogP contribution in [0.3, 0.4) is 0 Å². The third-order valence-corrected chi connectivity index (χ3v) is 6.54. The molecule has 0 bridgehead atoms. The number of thiazole rings is 1. The highest BCUT2D eigenvalue weighted by Crippen LogP contribution is 2.35. The van der Waals surface area contributed by atoms with Crippen LogP contribution in [0.25, 0.3) is 10.2 Å². The Balaban J connectivity index is 1.82. The molecular weight excluding hydrogens is 422 g/mol. The van der Waals surface area contributed by atoms with E-state index in [1.165, 1.54) is 11.3 Å². The number of nitrogens with zero attached hydrogens (tertiary/aromatic N) is 3. The van der Waals surface area contributed by atoms with Gasteiger partial charge >= 0.3 is 0 Å². The van der Waals surface area contributed by atoms with Crippen molar-refractivity contribution in [3.8, 4) is 0 Å². The number of aromatic nitrogens is 2. The highest BCUT2D eigenvalue weighted by atomic mass is 35.5. The summed E-state index contributed by atoms with van der Waals surface area (Å²) in [7, 11) is 0. The van der Waals surface area contributed by atoms with Gasteiger partial charge in [-0.3, -0.25) is 14.7 Å². The fraction of sp³-hybridized carbons (Fsp3) is 0.136. The first-order chi connectivity index (χ1) is 14.1. The average molecular weight is 440 g/mol. The molecule has 29 heavy (non-hydrogen) atoms. The summed E-state index contributed by atoms with van der Waals surface area (Å²) in [5.41, 5.74) is 3.32. The van der Waals surface area contributed by atoms with E-state index in [1.807, 2.05) is 67.8 Å². The molecule has 0 spiro atoms. The Morgan fingerprint density at radius 1 is 1.17 bits per heavy atom. The number of fused-ring (bicyclic) bond motifs is 1.